The maximum absolute atomic E-state index is 13.9. The molecule has 1 aromatic heterocycles. The van der Waals surface area contributed by atoms with Crippen molar-refractivity contribution in [1.29, 1.82) is 0 Å². The molecule has 0 fully saturated rings. The number of benzene rings is 2. The summed E-state index contributed by atoms with van der Waals surface area (Å²) < 4.78 is 27.3. The highest BCUT2D eigenvalue weighted by molar-refractivity contribution is 7.09. The fourth-order valence-corrected chi connectivity index (χ4v) is 3.94. The normalized spacial score (nSPS) is 11.8. The highest BCUT2D eigenvalue weighted by Gasteiger charge is 2.20. The van der Waals surface area contributed by atoms with Gasteiger partial charge in [-0.1, -0.05) is 31.2 Å². The number of hydrogen-bond donors (Lipinski definition) is 2. The summed E-state index contributed by atoms with van der Waals surface area (Å²) in [6.45, 7) is 1.99. The zero-order valence-corrected chi connectivity index (χ0v) is 17.1. The van der Waals surface area contributed by atoms with E-state index < -0.39 is 29.5 Å². The average Bonchev–Trinajstić information content (AvgIpc) is 3.21. The van der Waals surface area contributed by atoms with Gasteiger partial charge in [-0.15, -0.1) is 11.3 Å². The lowest BCUT2D eigenvalue weighted by Gasteiger charge is -2.17. The van der Waals surface area contributed by atoms with Gasteiger partial charge in [-0.2, -0.15) is 0 Å². The van der Waals surface area contributed by atoms with Crippen LogP contribution in [0.3, 0.4) is 0 Å². The largest absolute Gasteiger partial charge is 0.366 e. The monoisotopic (exact) mass is 429 g/mol. The molecule has 0 spiro atoms. The first-order valence-electron chi connectivity index (χ1n) is 9.42. The summed E-state index contributed by atoms with van der Waals surface area (Å²) in [5.74, 6) is -2.96. The Morgan fingerprint density at radius 2 is 1.90 bits per heavy atom. The summed E-state index contributed by atoms with van der Waals surface area (Å²) in [4.78, 5) is 28.4. The first kappa shape index (κ1) is 21.6. The predicted molar refractivity (Wildman–Crippen MR) is 111 cm³/mol. The standard InChI is InChI=1S/C22H21F2N3O2S/c1-2-16-12-30-22(26-16)18(10-13-6-8-14(9-7-13)21(25)29)27-19(28)11-15-4-3-5-17(23)20(15)24/h3-9,12,18H,2,10-11H2,1H3,(H2,25,29)(H,27,28). The van der Waals surface area contributed by atoms with E-state index in [0.29, 0.717) is 12.0 Å². The van der Waals surface area contributed by atoms with E-state index in [2.05, 4.69) is 10.3 Å². The summed E-state index contributed by atoms with van der Waals surface area (Å²) in [6.07, 6.45) is 0.902. The van der Waals surface area contributed by atoms with Crippen molar-refractivity contribution in [2.75, 3.05) is 0 Å². The Balaban J connectivity index is 1.79. The van der Waals surface area contributed by atoms with Crippen LogP contribution < -0.4 is 11.1 Å². The number of aryl methyl sites for hydroxylation is 1. The van der Waals surface area contributed by atoms with Crippen LogP contribution in [0.4, 0.5) is 8.78 Å². The minimum absolute atomic E-state index is 0.00885. The molecule has 0 radical (unpaired) electrons. The maximum atomic E-state index is 13.9. The van der Waals surface area contributed by atoms with Crippen LogP contribution in [0.25, 0.3) is 0 Å². The zero-order valence-electron chi connectivity index (χ0n) is 16.3. The average molecular weight is 429 g/mol. The number of nitrogens with one attached hydrogen (secondary N) is 1. The van der Waals surface area contributed by atoms with E-state index in [4.69, 9.17) is 5.73 Å². The SMILES string of the molecule is CCc1csc(C(Cc2ccc(C(N)=O)cc2)NC(=O)Cc2cccc(F)c2F)n1. The second-order valence-corrected chi connectivity index (χ2v) is 7.70. The second-order valence-electron chi connectivity index (χ2n) is 6.81. The van der Waals surface area contributed by atoms with E-state index in [1.807, 2.05) is 12.3 Å². The number of rotatable bonds is 8. The number of carbonyl (C=O) groups excluding carboxylic acids is 2. The fraction of sp³-hybridized carbons (Fsp3) is 0.227. The van der Waals surface area contributed by atoms with Crippen molar-refractivity contribution in [2.45, 2.75) is 32.2 Å². The van der Waals surface area contributed by atoms with Gasteiger partial charge in [0.15, 0.2) is 11.6 Å². The van der Waals surface area contributed by atoms with Crippen LogP contribution >= 0.6 is 11.3 Å². The molecule has 0 saturated heterocycles. The smallest absolute Gasteiger partial charge is 0.248 e. The van der Waals surface area contributed by atoms with E-state index in [9.17, 15) is 18.4 Å². The molecular formula is C22H21F2N3O2S. The molecule has 1 unspecified atom stereocenters. The molecule has 2 aromatic carbocycles. The third-order valence-corrected chi connectivity index (χ3v) is 5.63. The van der Waals surface area contributed by atoms with Gasteiger partial charge in [0.05, 0.1) is 18.2 Å². The molecule has 30 heavy (non-hydrogen) atoms. The van der Waals surface area contributed by atoms with Crippen LogP contribution in [0.5, 0.6) is 0 Å². The van der Waals surface area contributed by atoms with Crippen molar-refractivity contribution in [3.8, 4) is 0 Å². The van der Waals surface area contributed by atoms with E-state index >= 15 is 0 Å². The third kappa shape index (κ3) is 5.27. The molecule has 156 valence electrons. The van der Waals surface area contributed by atoms with Crippen molar-refractivity contribution < 1.29 is 18.4 Å². The Labute approximate surface area is 177 Å². The maximum Gasteiger partial charge on any atom is 0.248 e. The van der Waals surface area contributed by atoms with Gasteiger partial charge >= 0.3 is 0 Å². The number of halogens is 2. The van der Waals surface area contributed by atoms with E-state index in [1.54, 1.807) is 24.3 Å². The molecule has 3 rings (SSSR count). The minimum atomic E-state index is -1.02. The lowest BCUT2D eigenvalue weighted by molar-refractivity contribution is -0.121. The van der Waals surface area contributed by atoms with Gasteiger partial charge in [0.1, 0.15) is 5.01 Å². The lowest BCUT2D eigenvalue weighted by Crippen LogP contribution is -2.31. The van der Waals surface area contributed by atoms with E-state index in [0.717, 1.165) is 28.8 Å². The van der Waals surface area contributed by atoms with Crippen LogP contribution in [0.15, 0.2) is 47.8 Å². The first-order chi connectivity index (χ1) is 14.4. The molecule has 0 aliphatic rings. The number of aromatic nitrogens is 1. The minimum Gasteiger partial charge on any atom is -0.366 e. The lowest BCUT2D eigenvalue weighted by atomic mass is 10.0. The summed E-state index contributed by atoms with van der Waals surface area (Å²) in [5, 5.41) is 5.53. The Morgan fingerprint density at radius 3 is 2.53 bits per heavy atom. The summed E-state index contributed by atoms with van der Waals surface area (Å²) in [6, 6.07) is 10.1. The van der Waals surface area contributed by atoms with Crippen LogP contribution in [-0.2, 0) is 24.1 Å². The summed E-state index contributed by atoms with van der Waals surface area (Å²) in [5.41, 5.74) is 7.44. The Kier molecular flexibility index (Phi) is 6.89. The molecule has 0 bridgehead atoms. The molecule has 0 saturated carbocycles. The number of amides is 2. The summed E-state index contributed by atoms with van der Waals surface area (Å²) >= 11 is 1.43. The van der Waals surface area contributed by atoms with Crippen molar-refractivity contribution in [3.63, 3.8) is 0 Å². The zero-order chi connectivity index (χ0) is 21.7. The van der Waals surface area contributed by atoms with Gasteiger partial charge in [-0.25, -0.2) is 13.8 Å². The van der Waals surface area contributed by atoms with Gasteiger partial charge in [0, 0.05) is 16.5 Å². The predicted octanol–water partition coefficient (Wildman–Crippen LogP) is 3.73. The van der Waals surface area contributed by atoms with Gasteiger partial charge < -0.3 is 11.1 Å². The van der Waals surface area contributed by atoms with E-state index in [-0.39, 0.29) is 12.0 Å². The van der Waals surface area contributed by atoms with Gasteiger partial charge in [0.2, 0.25) is 11.8 Å². The van der Waals surface area contributed by atoms with Gasteiger partial charge in [-0.3, -0.25) is 9.59 Å². The summed E-state index contributed by atoms with van der Waals surface area (Å²) in [7, 11) is 0. The second kappa shape index (κ2) is 9.58. The van der Waals surface area contributed by atoms with Crippen molar-refractivity contribution >= 4 is 23.2 Å². The van der Waals surface area contributed by atoms with Crippen molar-refractivity contribution in [2.24, 2.45) is 5.73 Å². The van der Waals surface area contributed by atoms with Crippen molar-refractivity contribution in [1.82, 2.24) is 10.3 Å². The number of carbonyl (C=O) groups is 2. The third-order valence-electron chi connectivity index (χ3n) is 4.63. The Bertz CT molecular complexity index is 1050. The van der Waals surface area contributed by atoms with Gasteiger partial charge in [-0.05, 0) is 36.6 Å². The van der Waals surface area contributed by atoms with Crippen LogP contribution in [0, 0.1) is 11.6 Å². The molecular weight excluding hydrogens is 408 g/mol. The van der Waals surface area contributed by atoms with Crippen LogP contribution in [0.2, 0.25) is 0 Å². The molecule has 1 atom stereocenters. The Morgan fingerprint density at radius 1 is 1.17 bits per heavy atom. The number of hydrogen-bond acceptors (Lipinski definition) is 4. The molecule has 1 heterocycles. The Hall–Kier alpha value is -3.13. The van der Waals surface area contributed by atoms with Gasteiger partial charge in [0.25, 0.3) is 0 Å². The first-order valence-corrected chi connectivity index (χ1v) is 10.3. The highest BCUT2D eigenvalue weighted by atomic mass is 32.1. The molecule has 3 aromatic rings. The molecule has 0 aliphatic heterocycles. The highest BCUT2D eigenvalue weighted by Crippen LogP contribution is 2.23. The van der Waals surface area contributed by atoms with Crippen LogP contribution in [0.1, 0.15) is 45.2 Å². The number of primary amides is 1. The van der Waals surface area contributed by atoms with E-state index in [1.165, 1.54) is 23.5 Å². The molecule has 0 aliphatic carbocycles. The van der Waals surface area contributed by atoms with Crippen LogP contribution in [-0.4, -0.2) is 16.8 Å². The number of thiazole rings is 1. The fourth-order valence-electron chi connectivity index (χ4n) is 2.99. The molecule has 2 amide bonds. The quantitative estimate of drug-likeness (QED) is 0.572. The molecule has 5 nitrogen and oxygen atoms in total. The number of nitrogens with zero attached hydrogens (tertiary/aromatic N) is 1. The number of nitrogens with two attached hydrogens (primary N) is 1. The molecule has 3 N–H and O–H groups in total. The topological polar surface area (TPSA) is 85.1 Å². The van der Waals surface area contributed by atoms with Crippen molar-refractivity contribution in [3.05, 3.63) is 86.9 Å². The molecule has 8 heteroatoms.